The van der Waals surface area contributed by atoms with E-state index < -0.39 is 22.5 Å². The molecular weight excluding hydrogens is 419 g/mol. The van der Waals surface area contributed by atoms with E-state index in [9.17, 15) is 13.2 Å². The Bertz CT molecular complexity index is 1070. The van der Waals surface area contributed by atoms with Crippen molar-refractivity contribution in [2.45, 2.75) is 4.90 Å². The van der Waals surface area contributed by atoms with Gasteiger partial charge in [-0.25, -0.2) is 8.42 Å². The number of anilines is 2. The molecule has 0 aliphatic carbocycles. The Kier molecular flexibility index (Phi) is 6.24. The molecule has 1 N–H and O–H groups in total. The van der Waals surface area contributed by atoms with Gasteiger partial charge in [-0.3, -0.25) is 9.10 Å². The first-order valence-electron chi connectivity index (χ1n) is 8.25. The lowest BCUT2D eigenvalue weighted by Gasteiger charge is -2.24. The van der Waals surface area contributed by atoms with Gasteiger partial charge >= 0.3 is 0 Å². The molecule has 0 radical (unpaired) electrons. The molecule has 0 aliphatic rings. The first kappa shape index (κ1) is 20.2. The van der Waals surface area contributed by atoms with Gasteiger partial charge < -0.3 is 5.32 Å². The molecule has 3 aromatic carbocycles. The summed E-state index contributed by atoms with van der Waals surface area (Å²) in [6, 6.07) is 20.9. The molecule has 5 nitrogen and oxygen atoms in total. The van der Waals surface area contributed by atoms with Gasteiger partial charge in [0.15, 0.2) is 0 Å². The van der Waals surface area contributed by atoms with Gasteiger partial charge in [0.2, 0.25) is 5.91 Å². The van der Waals surface area contributed by atoms with Crippen LogP contribution in [0.4, 0.5) is 11.4 Å². The molecular formula is C20H16Cl2N2O3S. The fourth-order valence-electron chi connectivity index (χ4n) is 2.52. The average Bonchev–Trinajstić information content (AvgIpc) is 2.69. The van der Waals surface area contributed by atoms with Gasteiger partial charge in [-0.05, 0) is 48.5 Å². The predicted molar refractivity (Wildman–Crippen MR) is 113 cm³/mol. The Morgan fingerprint density at radius 2 is 1.46 bits per heavy atom. The number of carbonyl (C=O) groups is 1. The van der Waals surface area contributed by atoms with Crippen LogP contribution in [-0.4, -0.2) is 20.9 Å². The van der Waals surface area contributed by atoms with Crippen LogP contribution in [0.5, 0.6) is 0 Å². The molecule has 0 aromatic heterocycles. The highest BCUT2D eigenvalue weighted by atomic mass is 35.5. The van der Waals surface area contributed by atoms with Crippen molar-refractivity contribution in [2.24, 2.45) is 0 Å². The summed E-state index contributed by atoms with van der Waals surface area (Å²) < 4.78 is 27.4. The highest BCUT2D eigenvalue weighted by molar-refractivity contribution is 7.92. The third-order valence-electron chi connectivity index (χ3n) is 3.88. The molecule has 0 heterocycles. The van der Waals surface area contributed by atoms with Gasteiger partial charge in [0, 0.05) is 5.02 Å². The van der Waals surface area contributed by atoms with Gasteiger partial charge in [0.25, 0.3) is 10.0 Å². The summed E-state index contributed by atoms with van der Waals surface area (Å²) in [5.74, 6) is -0.525. The second kappa shape index (κ2) is 8.65. The lowest BCUT2D eigenvalue weighted by atomic mass is 10.3. The van der Waals surface area contributed by atoms with E-state index >= 15 is 0 Å². The molecule has 1 amide bonds. The Morgan fingerprint density at radius 3 is 2.11 bits per heavy atom. The Labute approximate surface area is 173 Å². The number of hydrogen-bond donors (Lipinski definition) is 1. The summed E-state index contributed by atoms with van der Waals surface area (Å²) in [4.78, 5) is 12.7. The van der Waals surface area contributed by atoms with Crippen molar-refractivity contribution in [2.75, 3.05) is 16.2 Å². The van der Waals surface area contributed by atoms with Crippen LogP contribution in [0.15, 0.2) is 83.8 Å². The van der Waals surface area contributed by atoms with Crippen LogP contribution in [0.1, 0.15) is 0 Å². The van der Waals surface area contributed by atoms with Gasteiger partial charge in [-0.2, -0.15) is 0 Å². The number of rotatable bonds is 6. The number of nitrogens with one attached hydrogen (secondary N) is 1. The SMILES string of the molecule is O=C(CN(c1ccc(Cl)cc1)S(=O)(=O)c1ccccc1)Nc1ccccc1Cl. The lowest BCUT2D eigenvalue weighted by Crippen LogP contribution is -2.38. The fourth-order valence-corrected chi connectivity index (χ4v) is 4.28. The fraction of sp³-hybridized carbons (Fsp3) is 0.0500. The third-order valence-corrected chi connectivity index (χ3v) is 6.25. The quantitative estimate of drug-likeness (QED) is 0.603. The molecule has 3 rings (SSSR count). The summed E-state index contributed by atoms with van der Waals surface area (Å²) in [6.45, 7) is -0.427. The van der Waals surface area contributed by atoms with E-state index in [4.69, 9.17) is 23.2 Å². The van der Waals surface area contributed by atoms with E-state index in [1.54, 1.807) is 66.7 Å². The van der Waals surface area contributed by atoms with Crippen molar-refractivity contribution in [3.63, 3.8) is 0 Å². The minimum Gasteiger partial charge on any atom is -0.323 e. The summed E-state index contributed by atoms with van der Waals surface area (Å²) >= 11 is 12.0. The molecule has 0 aliphatic heterocycles. The van der Waals surface area contributed by atoms with E-state index in [2.05, 4.69) is 5.32 Å². The average molecular weight is 435 g/mol. The molecule has 0 fully saturated rings. The molecule has 0 unspecified atom stereocenters. The zero-order valence-corrected chi connectivity index (χ0v) is 16.9. The molecule has 0 bridgehead atoms. The van der Waals surface area contributed by atoms with Crippen LogP contribution >= 0.6 is 23.2 Å². The van der Waals surface area contributed by atoms with Crippen molar-refractivity contribution < 1.29 is 13.2 Å². The predicted octanol–water partition coefficient (Wildman–Crippen LogP) is 4.83. The molecule has 3 aromatic rings. The van der Waals surface area contributed by atoms with E-state index in [-0.39, 0.29) is 4.90 Å². The minimum absolute atomic E-state index is 0.0792. The number of hydrogen-bond acceptors (Lipinski definition) is 3. The van der Waals surface area contributed by atoms with Crippen molar-refractivity contribution in [1.82, 2.24) is 0 Å². The highest BCUT2D eigenvalue weighted by Gasteiger charge is 2.27. The van der Waals surface area contributed by atoms with Crippen LogP contribution in [0.3, 0.4) is 0 Å². The zero-order valence-electron chi connectivity index (χ0n) is 14.5. The lowest BCUT2D eigenvalue weighted by molar-refractivity contribution is -0.114. The number of carbonyl (C=O) groups excluding carboxylic acids is 1. The second-order valence-corrected chi connectivity index (χ2v) is 8.54. The van der Waals surface area contributed by atoms with Crippen LogP contribution in [0, 0.1) is 0 Å². The molecule has 144 valence electrons. The molecule has 0 atom stereocenters. The normalized spacial score (nSPS) is 11.1. The topological polar surface area (TPSA) is 66.5 Å². The summed E-state index contributed by atoms with van der Waals surface area (Å²) in [6.07, 6.45) is 0. The molecule has 0 spiro atoms. The van der Waals surface area contributed by atoms with E-state index in [0.717, 1.165) is 4.31 Å². The Balaban J connectivity index is 1.94. The van der Waals surface area contributed by atoms with Crippen molar-refractivity contribution >= 4 is 50.5 Å². The standard InChI is InChI=1S/C20H16Cl2N2O3S/c21-15-10-12-16(13-11-15)24(28(26,27)17-6-2-1-3-7-17)14-20(25)23-19-9-5-4-8-18(19)22/h1-13H,14H2,(H,23,25). The first-order valence-corrected chi connectivity index (χ1v) is 10.5. The number of halogens is 2. The summed E-state index contributed by atoms with van der Waals surface area (Å²) in [7, 11) is -3.97. The van der Waals surface area contributed by atoms with Crippen LogP contribution in [0.25, 0.3) is 0 Å². The summed E-state index contributed by atoms with van der Waals surface area (Å²) in [5.41, 5.74) is 0.727. The Morgan fingerprint density at radius 1 is 0.857 bits per heavy atom. The molecule has 0 saturated carbocycles. The second-order valence-electron chi connectivity index (χ2n) is 5.83. The van der Waals surface area contributed by atoms with E-state index in [1.807, 2.05) is 0 Å². The monoisotopic (exact) mass is 434 g/mol. The first-order chi connectivity index (χ1) is 13.4. The maximum atomic E-state index is 13.2. The number of nitrogens with zero attached hydrogens (tertiary/aromatic N) is 1. The van der Waals surface area contributed by atoms with Gasteiger partial charge in [-0.1, -0.05) is 53.5 Å². The van der Waals surface area contributed by atoms with Gasteiger partial charge in [0.05, 0.1) is 21.3 Å². The van der Waals surface area contributed by atoms with E-state index in [0.29, 0.717) is 21.4 Å². The maximum absolute atomic E-state index is 13.2. The van der Waals surface area contributed by atoms with Gasteiger partial charge in [0.1, 0.15) is 6.54 Å². The number of benzene rings is 3. The van der Waals surface area contributed by atoms with Crippen LogP contribution in [0.2, 0.25) is 10.0 Å². The highest BCUT2D eigenvalue weighted by Crippen LogP contribution is 2.26. The zero-order chi connectivity index (χ0) is 20.1. The molecule has 0 saturated heterocycles. The number of para-hydroxylation sites is 1. The van der Waals surface area contributed by atoms with Crippen molar-refractivity contribution in [3.8, 4) is 0 Å². The molecule has 8 heteroatoms. The minimum atomic E-state index is -3.97. The van der Waals surface area contributed by atoms with Crippen LogP contribution in [-0.2, 0) is 14.8 Å². The largest absolute Gasteiger partial charge is 0.323 e. The van der Waals surface area contributed by atoms with Gasteiger partial charge in [-0.15, -0.1) is 0 Å². The maximum Gasteiger partial charge on any atom is 0.264 e. The van der Waals surface area contributed by atoms with Crippen molar-refractivity contribution in [3.05, 3.63) is 88.9 Å². The molecule has 28 heavy (non-hydrogen) atoms. The number of sulfonamides is 1. The summed E-state index contributed by atoms with van der Waals surface area (Å²) in [5, 5.41) is 3.46. The number of amides is 1. The Hall–Kier alpha value is -2.54. The third kappa shape index (κ3) is 4.65. The van der Waals surface area contributed by atoms with Crippen LogP contribution < -0.4 is 9.62 Å². The van der Waals surface area contributed by atoms with E-state index in [1.165, 1.54) is 12.1 Å². The smallest absolute Gasteiger partial charge is 0.264 e. The van der Waals surface area contributed by atoms with Crippen molar-refractivity contribution in [1.29, 1.82) is 0 Å².